The van der Waals surface area contributed by atoms with Crippen molar-refractivity contribution in [2.24, 2.45) is 17.3 Å². The van der Waals surface area contributed by atoms with Crippen molar-refractivity contribution in [1.29, 1.82) is 0 Å². The molecule has 84 valence electrons. The predicted molar refractivity (Wildman–Crippen MR) is 57.5 cm³/mol. The zero-order valence-corrected chi connectivity index (χ0v) is 9.54. The molecule has 0 aliphatic heterocycles. The molecule has 0 unspecified atom stereocenters. The molecule has 0 radical (unpaired) electrons. The Balaban J connectivity index is 3.04. The van der Waals surface area contributed by atoms with Gasteiger partial charge in [-0.15, -0.1) is 0 Å². The summed E-state index contributed by atoms with van der Waals surface area (Å²) >= 11 is 0. The Hall–Kier alpha value is -1.12. The summed E-state index contributed by atoms with van der Waals surface area (Å²) in [6.45, 7) is 9.21. The van der Waals surface area contributed by atoms with E-state index in [4.69, 9.17) is 5.11 Å². The first-order chi connectivity index (χ1) is 6.77. The maximum atomic E-state index is 12.0. The molecule has 0 aromatic heterocycles. The molecule has 0 aromatic rings. The van der Waals surface area contributed by atoms with E-state index in [1.165, 1.54) is 0 Å². The van der Waals surface area contributed by atoms with Gasteiger partial charge in [0.25, 0.3) is 0 Å². The van der Waals surface area contributed by atoms with Gasteiger partial charge in [0, 0.05) is 5.41 Å². The molecule has 2 atom stereocenters. The Morgan fingerprint density at radius 1 is 1.53 bits per heavy atom. The molecular formula is C12H18O3. The highest BCUT2D eigenvalue weighted by atomic mass is 16.4. The predicted octanol–water partition coefficient (Wildman–Crippen LogP) is 2.27. The first-order valence-electron chi connectivity index (χ1n) is 5.20. The number of hydrogen-bond acceptors (Lipinski definition) is 2. The van der Waals surface area contributed by atoms with Crippen LogP contribution >= 0.6 is 0 Å². The van der Waals surface area contributed by atoms with Gasteiger partial charge in [0.15, 0.2) is 5.78 Å². The summed E-state index contributed by atoms with van der Waals surface area (Å²) in [4.78, 5) is 23.1. The quantitative estimate of drug-likeness (QED) is 0.562. The van der Waals surface area contributed by atoms with Crippen LogP contribution in [0, 0.1) is 17.3 Å². The molecular weight excluding hydrogens is 192 g/mol. The van der Waals surface area contributed by atoms with Crippen LogP contribution in [0.25, 0.3) is 0 Å². The fraction of sp³-hybridized carbons (Fsp3) is 0.667. The summed E-state index contributed by atoms with van der Waals surface area (Å²) < 4.78 is 0. The number of carboxylic acids is 1. The third kappa shape index (κ3) is 2.11. The number of ketones is 1. The van der Waals surface area contributed by atoms with Gasteiger partial charge in [0.05, 0.1) is 0 Å². The summed E-state index contributed by atoms with van der Waals surface area (Å²) in [6, 6.07) is 0. The summed E-state index contributed by atoms with van der Waals surface area (Å²) in [5, 5.41) is 9.10. The minimum atomic E-state index is -1.01. The largest absolute Gasteiger partial charge is 0.481 e. The van der Waals surface area contributed by atoms with Gasteiger partial charge in [0.1, 0.15) is 5.92 Å². The average molecular weight is 210 g/mol. The summed E-state index contributed by atoms with van der Waals surface area (Å²) in [5.74, 6) is -2.26. The second kappa shape index (κ2) is 3.80. The van der Waals surface area contributed by atoms with Crippen LogP contribution < -0.4 is 0 Å². The van der Waals surface area contributed by atoms with Gasteiger partial charge < -0.3 is 5.11 Å². The van der Waals surface area contributed by atoms with Crippen LogP contribution in [0.15, 0.2) is 12.2 Å². The minimum Gasteiger partial charge on any atom is -0.481 e. The van der Waals surface area contributed by atoms with Crippen LogP contribution in [0.1, 0.15) is 33.6 Å². The van der Waals surface area contributed by atoms with Crippen LogP contribution in [-0.2, 0) is 9.59 Å². The Labute approximate surface area is 90.2 Å². The van der Waals surface area contributed by atoms with Crippen molar-refractivity contribution in [3.05, 3.63) is 12.2 Å². The molecule has 1 N–H and O–H groups in total. The first-order valence-corrected chi connectivity index (χ1v) is 5.20. The second-order valence-electron chi connectivity index (χ2n) is 5.06. The van der Waals surface area contributed by atoms with Crippen molar-refractivity contribution in [3.8, 4) is 0 Å². The normalized spacial score (nSPS) is 29.9. The maximum Gasteiger partial charge on any atom is 0.314 e. The molecule has 3 nitrogen and oxygen atoms in total. The fourth-order valence-electron chi connectivity index (χ4n) is 2.23. The van der Waals surface area contributed by atoms with E-state index in [0.717, 1.165) is 18.4 Å². The number of Topliss-reactive ketones (excluding diaryl/α,β-unsaturated/α-hetero) is 1. The molecule has 1 aliphatic rings. The minimum absolute atomic E-state index is 0.158. The van der Waals surface area contributed by atoms with Gasteiger partial charge in [-0.25, -0.2) is 0 Å². The topological polar surface area (TPSA) is 54.4 Å². The van der Waals surface area contributed by atoms with Crippen molar-refractivity contribution >= 4 is 11.8 Å². The van der Waals surface area contributed by atoms with Crippen LogP contribution in [0.2, 0.25) is 0 Å². The van der Waals surface area contributed by atoms with Gasteiger partial charge in [-0.3, -0.25) is 9.59 Å². The van der Waals surface area contributed by atoms with E-state index in [-0.39, 0.29) is 11.7 Å². The Kier molecular flexibility index (Phi) is 3.03. The van der Waals surface area contributed by atoms with E-state index in [1.807, 2.05) is 13.8 Å². The lowest BCUT2D eigenvalue weighted by Gasteiger charge is -2.37. The highest BCUT2D eigenvalue weighted by Crippen LogP contribution is 2.41. The van der Waals surface area contributed by atoms with E-state index in [2.05, 4.69) is 6.58 Å². The van der Waals surface area contributed by atoms with E-state index in [9.17, 15) is 9.59 Å². The van der Waals surface area contributed by atoms with E-state index >= 15 is 0 Å². The lowest BCUT2D eigenvalue weighted by atomic mass is 9.64. The van der Waals surface area contributed by atoms with Crippen molar-refractivity contribution in [2.75, 3.05) is 0 Å². The number of hydrogen-bond donors (Lipinski definition) is 1. The van der Waals surface area contributed by atoms with Gasteiger partial charge in [-0.2, -0.15) is 0 Å². The number of carbonyl (C=O) groups is 2. The molecule has 0 amide bonds. The molecule has 0 aromatic carbocycles. The number of rotatable bonds is 2. The van der Waals surface area contributed by atoms with Gasteiger partial charge in [-0.1, -0.05) is 26.0 Å². The third-order valence-electron chi connectivity index (χ3n) is 3.33. The number of allylic oxidation sites excluding steroid dienone is 1. The first kappa shape index (κ1) is 12.0. The summed E-state index contributed by atoms with van der Waals surface area (Å²) in [5.41, 5.74) is 0.293. The highest BCUT2D eigenvalue weighted by Gasteiger charge is 2.46. The Morgan fingerprint density at radius 3 is 2.47 bits per heavy atom. The summed E-state index contributed by atoms with van der Waals surface area (Å²) in [7, 11) is 0. The molecule has 3 heteroatoms. The second-order valence-corrected chi connectivity index (χ2v) is 5.06. The maximum absolute atomic E-state index is 12.0. The molecule has 0 spiro atoms. The molecule has 0 saturated heterocycles. The highest BCUT2D eigenvalue weighted by molar-refractivity contribution is 6.02. The van der Waals surface area contributed by atoms with Crippen LogP contribution in [0.4, 0.5) is 0 Å². The van der Waals surface area contributed by atoms with Crippen LogP contribution in [0.3, 0.4) is 0 Å². The molecule has 15 heavy (non-hydrogen) atoms. The lowest BCUT2D eigenvalue weighted by molar-refractivity contribution is -0.154. The molecule has 1 saturated carbocycles. The molecule has 0 bridgehead atoms. The zero-order valence-electron chi connectivity index (χ0n) is 9.54. The van der Waals surface area contributed by atoms with Gasteiger partial charge in [0.2, 0.25) is 0 Å². The van der Waals surface area contributed by atoms with Gasteiger partial charge in [-0.05, 0) is 25.7 Å². The molecule has 1 rings (SSSR count). The Morgan fingerprint density at radius 2 is 2.07 bits per heavy atom. The van der Waals surface area contributed by atoms with Crippen molar-refractivity contribution in [2.45, 2.75) is 33.6 Å². The van der Waals surface area contributed by atoms with Crippen LogP contribution in [-0.4, -0.2) is 16.9 Å². The standard InChI is InChI=1S/C12H18O3/c1-7(2)8-5-6-12(3,4)10(13)9(8)11(14)15/h8-9H,1,5-6H2,2-4H3,(H,14,15)/t8-,9-/m0/s1. The number of carboxylic acid groups (broad SMARTS) is 1. The number of carbonyl (C=O) groups excluding carboxylic acids is 1. The lowest BCUT2D eigenvalue weighted by Crippen LogP contribution is -2.44. The third-order valence-corrected chi connectivity index (χ3v) is 3.33. The van der Waals surface area contributed by atoms with Crippen molar-refractivity contribution in [3.63, 3.8) is 0 Å². The molecule has 1 aliphatic carbocycles. The smallest absolute Gasteiger partial charge is 0.314 e. The fourth-order valence-corrected chi connectivity index (χ4v) is 2.23. The molecule has 0 heterocycles. The van der Waals surface area contributed by atoms with Gasteiger partial charge >= 0.3 is 5.97 Å². The molecule has 1 fully saturated rings. The van der Waals surface area contributed by atoms with E-state index in [1.54, 1.807) is 6.92 Å². The average Bonchev–Trinajstić information content (AvgIpc) is 2.08. The van der Waals surface area contributed by atoms with Crippen molar-refractivity contribution < 1.29 is 14.7 Å². The summed E-state index contributed by atoms with van der Waals surface area (Å²) in [6.07, 6.45) is 1.48. The van der Waals surface area contributed by atoms with E-state index in [0.29, 0.717) is 0 Å². The monoisotopic (exact) mass is 210 g/mol. The SMILES string of the molecule is C=C(C)[C@@H]1CCC(C)(C)C(=O)[C@H]1C(=O)O. The Bertz CT molecular complexity index is 315. The van der Waals surface area contributed by atoms with E-state index < -0.39 is 17.3 Å². The van der Waals surface area contributed by atoms with Crippen LogP contribution in [0.5, 0.6) is 0 Å². The zero-order chi connectivity index (χ0) is 11.8. The number of aliphatic carboxylic acids is 1. The van der Waals surface area contributed by atoms with Crippen molar-refractivity contribution in [1.82, 2.24) is 0 Å².